The number of halogens is 1. The third-order valence-corrected chi connectivity index (χ3v) is 2.53. The van der Waals surface area contributed by atoms with Gasteiger partial charge >= 0.3 is 0 Å². The molecule has 88 valence electrons. The van der Waals surface area contributed by atoms with E-state index in [1.807, 2.05) is 0 Å². The molecule has 0 saturated heterocycles. The Morgan fingerprint density at radius 2 is 2.12 bits per heavy atom. The molecule has 4 nitrogen and oxygen atoms in total. The Balaban J connectivity index is 2.46. The fraction of sp³-hybridized carbons (Fsp3) is 0.167. The lowest BCUT2D eigenvalue weighted by Crippen LogP contribution is -2.05. The first kappa shape index (κ1) is 11.5. The largest absolute Gasteiger partial charge is 0.383 e. The second kappa shape index (κ2) is 4.47. The second-order valence-electron chi connectivity index (χ2n) is 3.77. The van der Waals surface area contributed by atoms with Gasteiger partial charge in [0.25, 0.3) is 0 Å². The average molecular weight is 232 g/mol. The minimum absolute atomic E-state index is 0.250. The van der Waals surface area contributed by atoms with Crippen molar-refractivity contribution in [1.82, 2.24) is 9.97 Å². The molecular formula is C12H13FN4. The molecule has 1 aromatic heterocycles. The summed E-state index contributed by atoms with van der Waals surface area (Å²) in [6, 6.07) is 4.70. The maximum absolute atomic E-state index is 13.1. The summed E-state index contributed by atoms with van der Waals surface area (Å²) in [5.41, 5.74) is 13.2. The van der Waals surface area contributed by atoms with Crippen LogP contribution in [0.3, 0.4) is 0 Å². The van der Waals surface area contributed by atoms with Gasteiger partial charge in [-0.3, -0.25) is 0 Å². The second-order valence-corrected chi connectivity index (χ2v) is 3.77. The zero-order chi connectivity index (χ0) is 12.4. The summed E-state index contributed by atoms with van der Waals surface area (Å²) in [4.78, 5) is 8.31. The molecule has 0 aliphatic carbocycles. The molecule has 0 radical (unpaired) electrons. The molecular weight excluding hydrogens is 219 g/mol. The van der Waals surface area contributed by atoms with Gasteiger partial charge < -0.3 is 11.5 Å². The molecule has 5 heteroatoms. The smallest absolute Gasteiger partial charge is 0.161 e. The van der Waals surface area contributed by atoms with E-state index in [2.05, 4.69) is 9.97 Å². The van der Waals surface area contributed by atoms with Crippen molar-refractivity contribution in [3.63, 3.8) is 0 Å². The van der Waals surface area contributed by atoms with Crippen LogP contribution in [0.2, 0.25) is 0 Å². The number of nitrogens with zero attached hydrogens (tertiary/aromatic N) is 2. The van der Waals surface area contributed by atoms with Gasteiger partial charge in [0, 0.05) is 23.9 Å². The highest BCUT2D eigenvalue weighted by Gasteiger charge is 2.07. The minimum Gasteiger partial charge on any atom is -0.383 e. The van der Waals surface area contributed by atoms with Crippen LogP contribution in [0.1, 0.15) is 11.1 Å². The Morgan fingerprint density at radius 1 is 1.35 bits per heavy atom. The van der Waals surface area contributed by atoms with Gasteiger partial charge in [0.2, 0.25) is 0 Å². The van der Waals surface area contributed by atoms with Crippen LogP contribution in [-0.4, -0.2) is 9.97 Å². The average Bonchev–Trinajstić information content (AvgIpc) is 2.32. The van der Waals surface area contributed by atoms with Crippen LogP contribution in [-0.2, 0) is 6.54 Å². The van der Waals surface area contributed by atoms with Gasteiger partial charge in [-0.05, 0) is 30.7 Å². The summed E-state index contributed by atoms with van der Waals surface area (Å²) in [6.45, 7) is 1.99. The van der Waals surface area contributed by atoms with E-state index in [4.69, 9.17) is 11.5 Å². The highest BCUT2D eigenvalue weighted by molar-refractivity contribution is 5.58. The van der Waals surface area contributed by atoms with Crippen LogP contribution < -0.4 is 11.5 Å². The van der Waals surface area contributed by atoms with Crippen LogP contribution in [0.25, 0.3) is 11.4 Å². The summed E-state index contributed by atoms with van der Waals surface area (Å²) in [6.07, 6.45) is 1.59. The molecule has 0 unspecified atom stereocenters. The van der Waals surface area contributed by atoms with Crippen LogP contribution >= 0.6 is 0 Å². The first-order valence-electron chi connectivity index (χ1n) is 5.20. The topological polar surface area (TPSA) is 77.8 Å². The molecule has 1 heterocycles. The van der Waals surface area contributed by atoms with Crippen molar-refractivity contribution in [1.29, 1.82) is 0 Å². The van der Waals surface area contributed by atoms with Gasteiger partial charge in [-0.1, -0.05) is 0 Å². The van der Waals surface area contributed by atoms with E-state index in [0.717, 1.165) is 5.56 Å². The number of hydrogen-bond donors (Lipinski definition) is 2. The summed E-state index contributed by atoms with van der Waals surface area (Å²) in [7, 11) is 0. The standard InChI is InChI=1S/C12H13FN4/c1-7-4-8(2-3-10(7)13)12-16-6-9(5-14)11(15)17-12/h2-4,6H,5,14H2,1H3,(H2,15,16,17). The SMILES string of the molecule is Cc1cc(-c2ncc(CN)c(N)n2)ccc1F. The molecule has 0 fully saturated rings. The Labute approximate surface area is 98.5 Å². The van der Waals surface area contributed by atoms with Crippen molar-refractivity contribution >= 4 is 5.82 Å². The lowest BCUT2D eigenvalue weighted by molar-refractivity contribution is 0.618. The number of rotatable bonds is 2. The third-order valence-electron chi connectivity index (χ3n) is 2.53. The van der Waals surface area contributed by atoms with Crippen molar-refractivity contribution < 1.29 is 4.39 Å². The molecule has 0 bridgehead atoms. The quantitative estimate of drug-likeness (QED) is 0.825. The monoisotopic (exact) mass is 232 g/mol. The summed E-state index contributed by atoms with van der Waals surface area (Å²) in [5, 5.41) is 0. The van der Waals surface area contributed by atoms with Gasteiger partial charge in [0.15, 0.2) is 5.82 Å². The Kier molecular flexibility index (Phi) is 3.01. The molecule has 0 aliphatic rings. The molecule has 0 aliphatic heterocycles. The maximum Gasteiger partial charge on any atom is 0.161 e. The van der Waals surface area contributed by atoms with E-state index < -0.39 is 0 Å². The Morgan fingerprint density at radius 3 is 2.71 bits per heavy atom. The molecule has 0 saturated carbocycles. The van der Waals surface area contributed by atoms with Gasteiger partial charge in [-0.15, -0.1) is 0 Å². The third kappa shape index (κ3) is 2.24. The predicted octanol–water partition coefficient (Wildman–Crippen LogP) is 1.63. The molecule has 1 aromatic carbocycles. The van der Waals surface area contributed by atoms with Gasteiger partial charge in [-0.2, -0.15) is 0 Å². The fourth-order valence-electron chi connectivity index (χ4n) is 1.50. The Bertz CT molecular complexity index is 554. The molecule has 17 heavy (non-hydrogen) atoms. The highest BCUT2D eigenvalue weighted by Crippen LogP contribution is 2.20. The van der Waals surface area contributed by atoms with Crippen molar-refractivity contribution in [2.75, 3.05) is 5.73 Å². The van der Waals surface area contributed by atoms with Crippen molar-refractivity contribution in [3.05, 3.63) is 41.3 Å². The van der Waals surface area contributed by atoms with Gasteiger partial charge in [0.05, 0.1) is 0 Å². The minimum atomic E-state index is -0.250. The normalized spacial score (nSPS) is 10.5. The van der Waals surface area contributed by atoms with E-state index in [1.54, 1.807) is 25.3 Å². The number of nitrogen functional groups attached to an aromatic ring is 1. The van der Waals surface area contributed by atoms with E-state index in [0.29, 0.717) is 29.3 Å². The number of aromatic nitrogens is 2. The van der Waals surface area contributed by atoms with Crippen LogP contribution in [0, 0.1) is 12.7 Å². The van der Waals surface area contributed by atoms with Crippen LogP contribution in [0.5, 0.6) is 0 Å². The molecule has 2 aromatic rings. The molecule has 4 N–H and O–H groups in total. The fourth-order valence-corrected chi connectivity index (χ4v) is 1.50. The zero-order valence-corrected chi connectivity index (χ0v) is 9.44. The van der Waals surface area contributed by atoms with Gasteiger partial charge in [-0.25, -0.2) is 14.4 Å². The van der Waals surface area contributed by atoms with E-state index in [9.17, 15) is 4.39 Å². The van der Waals surface area contributed by atoms with E-state index in [-0.39, 0.29) is 5.82 Å². The van der Waals surface area contributed by atoms with Crippen molar-refractivity contribution in [2.45, 2.75) is 13.5 Å². The van der Waals surface area contributed by atoms with Crippen molar-refractivity contribution in [3.8, 4) is 11.4 Å². The summed E-state index contributed by atoms with van der Waals surface area (Å²) >= 11 is 0. The number of nitrogens with two attached hydrogens (primary N) is 2. The summed E-state index contributed by atoms with van der Waals surface area (Å²) < 4.78 is 13.1. The first-order chi connectivity index (χ1) is 8.11. The lowest BCUT2D eigenvalue weighted by atomic mass is 10.1. The number of anilines is 1. The molecule has 2 rings (SSSR count). The molecule has 0 spiro atoms. The number of hydrogen-bond acceptors (Lipinski definition) is 4. The first-order valence-corrected chi connectivity index (χ1v) is 5.20. The van der Waals surface area contributed by atoms with E-state index in [1.165, 1.54) is 6.07 Å². The van der Waals surface area contributed by atoms with Crippen LogP contribution in [0.15, 0.2) is 24.4 Å². The molecule has 0 amide bonds. The predicted molar refractivity (Wildman–Crippen MR) is 64.5 cm³/mol. The lowest BCUT2D eigenvalue weighted by Gasteiger charge is -2.05. The number of benzene rings is 1. The zero-order valence-electron chi connectivity index (χ0n) is 9.44. The van der Waals surface area contributed by atoms with E-state index >= 15 is 0 Å². The van der Waals surface area contributed by atoms with Crippen LogP contribution in [0.4, 0.5) is 10.2 Å². The summed E-state index contributed by atoms with van der Waals surface area (Å²) in [5.74, 6) is 0.586. The Hall–Kier alpha value is -2.01. The highest BCUT2D eigenvalue weighted by atomic mass is 19.1. The van der Waals surface area contributed by atoms with Crippen molar-refractivity contribution in [2.24, 2.45) is 5.73 Å². The number of aryl methyl sites for hydroxylation is 1. The molecule has 0 atom stereocenters. The van der Waals surface area contributed by atoms with Gasteiger partial charge in [0.1, 0.15) is 11.6 Å². The maximum atomic E-state index is 13.1.